The minimum absolute atomic E-state index is 0.0711. The molecule has 0 unspecified atom stereocenters. The summed E-state index contributed by atoms with van der Waals surface area (Å²) in [5, 5.41) is 12.0. The molecular weight excluding hydrogens is 298 g/mol. The van der Waals surface area contributed by atoms with Crippen molar-refractivity contribution < 1.29 is 24.2 Å². The molecule has 2 rings (SSSR count). The van der Waals surface area contributed by atoms with Crippen molar-refractivity contribution in [3.8, 4) is 11.5 Å². The van der Waals surface area contributed by atoms with Crippen LogP contribution in [0.3, 0.4) is 0 Å². The van der Waals surface area contributed by atoms with E-state index in [1.54, 1.807) is 7.11 Å². The van der Waals surface area contributed by atoms with Gasteiger partial charge in [0.15, 0.2) is 0 Å². The van der Waals surface area contributed by atoms with Crippen molar-refractivity contribution >= 4 is 11.9 Å². The largest absolute Gasteiger partial charge is 0.497 e. The molecule has 0 bridgehead atoms. The lowest BCUT2D eigenvalue weighted by molar-refractivity contribution is -0.157. The number of carbonyl (C=O) groups is 2. The van der Waals surface area contributed by atoms with E-state index < -0.39 is 11.4 Å². The zero-order valence-corrected chi connectivity index (χ0v) is 13.3. The summed E-state index contributed by atoms with van der Waals surface area (Å²) in [6, 6.07) is 7.29. The molecule has 0 spiro atoms. The number of carboxylic acids is 1. The molecular formula is C17H23NO5. The van der Waals surface area contributed by atoms with Crippen molar-refractivity contribution in [2.45, 2.75) is 32.1 Å². The number of carbonyl (C=O) groups excluding carboxylic acids is 1. The summed E-state index contributed by atoms with van der Waals surface area (Å²) in [5.41, 5.74) is -0.830. The van der Waals surface area contributed by atoms with Crippen LogP contribution in [0.2, 0.25) is 0 Å². The lowest BCUT2D eigenvalue weighted by Crippen LogP contribution is -2.42. The zero-order valence-electron chi connectivity index (χ0n) is 13.3. The Hall–Kier alpha value is -2.24. The summed E-state index contributed by atoms with van der Waals surface area (Å²) in [6.07, 6.45) is 2.81. The average molecular weight is 321 g/mol. The molecule has 6 heteroatoms. The van der Waals surface area contributed by atoms with E-state index in [1.807, 2.05) is 24.3 Å². The first kappa shape index (κ1) is 17.1. The van der Waals surface area contributed by atoms with Crippen molar-refractivity contribution in [2.24, 2.45) is 5.41 Å². The molecule has 1 amide bonds. The minimum Gasteiger partial charge on any atom is -0.497 e. The van der Waals surface area contributed by atoms with Crippen LogP contribution in [0.1, 0.15) is 32.1 Å². The fourth-order valence-electron chi connectivity index (χ4n) is 2.60. The normalized spacial score (nSPS) is 15.3. The topological polar surface area (TPSA) is 84.9 Å². The number of nitrogens with one attached hydrogen (secondary N) is 1. The quantitative estimate of drug-likeness (QED) is 0.681. The van der Waals surface area contributed by atoms with E-state index in [9.17, 15) is 14.7 Å². The maximum absolute atomic E-state index is 11.8. The van der Waals surface area contributed by atoms with Gasteiger partial charge in [-0.2, -0.15) is 0 Å². The maximum Gasteiger partial charge on any atom is 0.310 e. The summed E-state index contributed by atoms with van der Waals surface area (Å²) in [6.45, 7) is 0.960. The van der Waals surface area contributed by atoms with E-state index in [1.165, 1.54) is 0 Å². The van der Waals surface area contributed by atoms with Crippen molar-refractivity contribution in [1.29, 1.82) is 0 Å². The van der Waals surface area contributed by atoms with Gasteiger partial charge in [-0.3, -0.25) is 9.59 Å². The first-order valence-corrected chi connectivity index (χ1v) is 7.83. The highest BCUT2D eigenvalue weighted by molar-refractivity contribution is 5.85. The predicted octanol–water partition coefficient (Wildman–Crippen LogP) is 2.23. The van der Waals surface area contributed by atoms with Gasteiger partial charge in [0, 0.05) is 13.0 Å². The monoisotopic (exact) mass is 321 g/mol. The summed E-state index contributed by atoms with van der Waals surface area (Å²) < 4.78 is 10.6. The summed E-state index contributed by atoms with van der Waals surface area (Å²) in [5.74, 6) is 0.461. The van der Waals surface area contributed by atoms with Crippen LogP contribution >= 0.6 is 0 Å². The first-order chi connectivity index (χ1) is 11.1. The van der Waals surface area contributed by atoms with Crippen LogP contribution in [0.15, 0.2) is 24.3 Å². The molecule has 1 fully saturated rings. The van der Waals surface area contributed by atoms with Crippen LogP contribution in [0.4, 0.5) is 0 Å². The van der Waals surface area contributed by atoms with Gasteiger partial charge in [0.1, 0.15) is 11.5 Å². The van der Waals surface area contributed by atoms with Gasteiger partial charge < -0.3 is 19.9 Å². The van der Waals surface area contributed by atoms with E-state index in [0.717, 1.165) is 17.9 Å². The Morgan fingerprint density at radius 2 is 1.87 bits per heavy atom. The third kappa shape index (κ3) is 4.61. The van der Waals surface area contributed by atoms with E-state index in [2.05, 4.69) is 5.32 Å². The summed E-state index contributed by atoms with van der Waals surface area (Å²) in [7, 11) is 1.61. The third-order valence-electron chi connectivity index (χ3n) is 4.23. The Morgan fingerprint density at radius 3 is 2.39 bits per heavy atom. The van der Waals surface area contributed by atoms with Crippen LogP contribution in [-0.2, 0) is 9.59 Å². The molecule has 0 aromatic heterocycles. The molecule has 0 heterocycles. The molecule has 2 N–H and O–H groups in total. The van der Waals surface area contributed by atoms with Gasteiger partial charge in [0.05, 0.1) is 19.1 Å². The molecule has 1 aromatic rings. The number of aliphatic carboxylic acids is 1. The molecule has 1 aliphatic carbocycles. The zero-order chi connectivity index (χ0) is 16.7. The number of ether oxygens (including phenoxy) is 2. The number of benzene rings is 1. The van der Waals surface area contributed by atoms with Crippen LogP contribution in [0, 0.1) is 5.41 Å². The van der Waals surface area contributed by atoms with Gasteiger partial charge in [-0.1, -0.05) is 6.42 Å². The van der Waals surface area contributed by atoms with Gasteiger partial charge >= 0.3 is 5.97 Å². The highest BCUT2D eigenvalue weighted by Gasteiger charge is 2.45. The van der Waals surface area contributed by atoms with E-state index in [4.69, 9.17) is 9.47 Å². The second kappa shape index (κ2) is 7.85. The van der Waals surface area contributed by atoms with E-state index in [0.29, 0.717) is 32.4 Å². The molecule has 1 aliphatic rings. The van der Waals surface area contributed by atoms with Gasteiger partial charge in [0.25, 0.3) is 0 Å². The van der Waals surface area contributed by atoms with Crippen molar-refractivity contribution in [1.82, 2.24) is 5.32 Å². The molecule has 23 heavy (non-hydrogen) atoms. The Kier molecular flexibility index (Phi) is 5.84. The number of hydrogen-bond acceptors (Lipinski definition) is 4. The Labute approximate surface area is 135 Å². The number of methoxy groups -OCH3 is 1. The molecule has 0 saturated heterocycles. The highest BCUT2D eigenvalue weighted by atomic mass is 16.5. The van der Waals surface area contributed by atoms with Crippen molar-refractivity contribution in [3.05, 3.63) is 24.3 Å². The molecule has 126 valence electrons. The Balaban J connectivity index is 1.61. The molecule has 1 saturated carbocycles. The molecule has 0 radical (unpaired) electrons. The molecule has 0 aliphatic heterocycles. The highest BCUT2D eigenvalue weighted by Crippen LogP contribution is 2.44. The predicted molar refractivity (Wildman–Crippen MR) is 84.7 cm³/mol. The Morgan fingerprint density at radius 1 is 1.22 bits per heavy atom. The first-order valence-electron chi connectivity index (χ1n) is 7.83. The fraction of sp³-hybridized carbons (Fsp3) is 0.529. The van der Waals surface area contributed by atoms with Crippen molar-refractivity contribution in [3.63, 3.8) is 0 Å². The third-order valence-corrected chi connectivity index (χ3v) is 4.23. The minimum atomic E-state index is -0.860. The van der Waals surface area contributed by atoms with Crippen molar-refractivity contribution in [2.75, 3.05) is 20.3 Å². The van der Waals surface area contributed by atoms with Crippen LogP contribution in [0.25, 0.3) is 0 Å². The lowest BCUT2D eigenvalue weighted by atomic mass is 9.66. The van der Waals surface area contributed by atoms with Gasteiger partial charge in [-0.15, -0.1) is 0 Å². The lowest BCUT2D eigenvalue weighted by Gasteiger charge is -2.36. The summed E-state index contributed by atoms with van der Waals surface area (Å²) in [4.78, 5) is 23.0. The van der Waals surface area contributed by atoms with Crippen LogP contribution < -0.4 is 14.8 Å². The number of amides is 1. The van der Waals surface area contributed by atoms with Gasteiger partial charge in [-0.25, -0.2) is 0 Å². The van der Waals surface area contributed by atoms with Gasteiger partial charge in [-0.05, 0) is 43.5 Å². The fourth-order valence-corrected chi connectivity index (χ4v) is 2.60. The Bertz CT molecular complexity index is 536. The second-order valence-corrected chi connectivity index (χ2v) is 5.84. The number of hydrogen-bond donors (Lipinski definition) is 2. The van der Waals surface area contributed by atoms with Crippen LogP contribution in [-0.4, -0.2) is 37.2 Å². The van der Waals surface area contributed by atoms with Crippen LogP contribution in [0.5, 0.6) is 11.5 Å². The SMILES string of the molecule is COc1ccc(OCCCNC(=O)CC2(C(=O)O)CCC2)cc1. The number of rotatable bonds is 9. The number of carboxylic acid groups (broad SMARTS) is 1. The summed E-state index contributed by atoms with van der Waals surface area (Å²) >= 11 is 0. The smallest absolute Gasteiger partial charge is 0.310 e. The van der Waals surface area contributed by atoms with Gasteiger partial charge in [0.2, 0.25) is 5.91 Å². The molecule has 1 aromatic carbocycles. The van der Waals surface area contributed by atoms with E-state index in [-0.39, 0.29) is 12.3 Å². The standard InChI is InChI=1S/C17H23NO5/c1-22-13-4-6-14(7-5-13)23-11-3-10-18-15(19)12-17(16(20)21)8-2-9-17/h4-7H,2-3,8-12H2,1H3,(H,18,19)(H,20,21). The molecule has 6 nitrogen and oxygen atoms in total. The van der Waals surface area contributed by atoms with E-state index >= 15 is 0 Å². The second-order valence-electron chi connectivity index (χ2n) is 5.84. The molecule has 0 atom stereocenters. The maximum atomic E-state index is 11.8. The average Bonchev–Trinajstić information content (AvgIpc) is 2.51.